The summed E-state index contributed by atoms with van der Waals surface area (Å²) in [5.74, 6) is 0. The van der Waals surface area contributed by atoms with Gasteiger partial charge in [0.1, 0.15) is 0 Å². The molecule has 1 saturated carbocycles. The first-order valence-electron chi connectivity index (χ1n) is 5.89. The number of carbonyl (C=O) groups excluding carboxylic acids is 1. The highest BCUT2D eigenvalue weighted by molar-refractivity contribution is 5.74. The van der Waals surface area contributed by atoms with E-state index in [1.807, 2.05) is 24.3 Å². The molecule has 0 atom stereocenters. The zero-order valence-corrected chi connectivity index (χ0v) is 10.0. The van der Waals surface area contributed by atoms with Crippen molar-refractivity contribution in [1.82, 2.24) is 10.6 Å². The van der Waals surface area contributed by atoms with Gasteiger partial charge in [0.15, 0.2) is 0 Å². The number of nitrogens with one attached hydrogen (secondary N) is 2. The van der Waals surface area contributed by atoms with E-state index in [0.717, 1.165) is 24.0 Å². The summed E-state index contributed by atoms with van der Waals surface area (Å²) in [5.41, 5.74) is 2.21. The molecule has 2 rings (SSSR count). The van der Waals surface area contributed by atoms with Crippen molar-refractivity contribution < 1.29 is 9.53 Å². The lowest BCUT2D eigenvalue weighted by Gasteiger charge is -2.10. The quantitative estimate of drug-likeness (QED) is 0.816. The Morgan fingerprint density at radius 2 is 2.06 bits per heavy atom. The first-order valence-corrected chi connectivity index (χ1v) is 5.89. The number of carbonyl (C=O) groups is 1. The van der Waals surface area contributed by atoms with E-state index >= 15 is 0 Å². The second-order valence-corrected chi connectivity index (χ2v) is 4.30. The summed E-state index contributed by atoms with van der Waals surface area (Å²) < 4.78 is 5.12. The van der Waals surface area contributed by atoms with Gasteiger partial charge >= 0.3 is 6.03 Å². The second kappa shape index (κ2) is 5.68. The predicted molar refractivity (Wildman–Crippen MR) is 65.5 cm³/mol. The molecule has 1 aliphatic rings. The molecular formula is C13H18N2O2. The molecule has 0 aliphatic heterocycles. The van der Waals surface area contributed by atoms with Crippen LogP contribution in [-0.2, 0) is 17.9 Å². The van der Waals surface area contributed by atoms with Crippen LogP contribution in [0.15, 0.2) is 24.3 Å². The Morgan fingerprint density at radius 1 is 1.35 bits per heavy atom. The van der Waals surface area contributed by atoms with Gasteiger partial charge in [0, 0.05) is 19.7 Å². The number of hydrogen-bond donors (Lipinski definition) is 2. The minimum absolute atomic E-state index is 0.0836. The first kappa shape index (κ1) is 11.9. The van der Waals surface area contributed by atoms with Crippen LogP contribution in [-0.4, -0.2) is 19.2 Å². The molecule has 0 unspecified atom stereocenters. The van der Waals surface area contributed by atoms with E-state index in [0.29, 0.717) is 19.2 Å². The van der Waals surface area contributed by atoms with Crippen LogP contribution in [0.1, 0.15) is 24.0 Å². The minimum atomic E-state index is -0.0836. The SMILES string of the molecule is COCc1ccccc1CNC(=O)NC1CC1. The average molecular weight is 234 g/mol. The molecule has 1 aromatic carbocycles. The Kier molecular flexibility index (Phi) is 3.98. The molecule has 4 heteroatoms. The Labute approximate surface area is 101 Å². The maximum absolute atomic E-state index is 11.5. The predicted octanol–water partition coefficient (Wildman–Crippen LogP) is 1.79. The Morgan fingerprint density at radius 3 is 2.71 bits per heavy atom. The van der Waals surface area contributed by atoms with Crippen LogP contribution in [0, 0.1) is 0 Å². The van der Waals surface area contributed by atoms with Crippen molar-refractivity contribution in [3.05, 3.63) is 35.4 Å². The van der Waals surface area contributed by atoms with E-state index in [1.54, 1.807) is 7.11 Å². The molecule has 1 fully saturated rings. The van der Waals surface area contributed by atoms with Crippen molar-refractivity contribution in [3.63, 3.8) is 0 Å². The lowest BCUT2D eigenvalue weighted by atomic mass is 10.1. The molecule has 0 saturated heterocycles. The molecule has 2 amide bonds. The fourth-order valence-electron chi connectivity index (χ4n) is 1.67. The Hall–Kier alpha value is -1.55. The van der Waals surface area contributed by atoms with Crippen molar-refractivity contribution in [2.45, 2.75) is 32.0 Å². The summed E-state index contributed by atoms with van der Waals surface area (Å²) in [6.07, 6.45) is 2.21. The second-order valence-electron chi connectivity index (χ2n) is 4.30. The van der Waals surface area contributed by atoms with Crippen molar-refractivity contribution in [2.24, 2.45) is 0 Å². The monoisotopic (exact) mass is 234 g/mol. The topological polar surface area (TPSA) is 50.4 Å². The summed E-state index contributed by atoms with van der Waals surface area (Å²) in [4.78, 5) is 11.5. The molecule has 17 heavy (non-hydrogen) atoms. The van der Waals surface area contributed by atoms with E-state index in [1.165, 1.54) is 0 Å². The van der Waals surface area contributed by atoms with Gasteiger partial charge in [-0.15, -0.1) is 0 Å². The maximum atomic E-state index is 11.5. The van der Waals surface area contributed by atoms with Gasteiger partial charge in [0.25, 0.3) is 0 Å². The lowest BCUT2D eigenvalue weighted by Crippen LogP contribution is -2.36. The number of ether oxygens (including phenoxy) is 1. The summed E-state index contributed by atoms with van der Waals surface area (Å²) in [6.45, 7) is 1.11. The van der Waals surface area contributed by atoms with Gasteiger partial charge in [-0.25, -0.2) is 4.79 Å². The minimum Gasteiger partial charge on any atom is -0.380 e. The molecule has 0 bridgehead atoms. The summed E-state index contributed by atoms with van der Waals surface area (Å²) >= 11 is 0. The molecule has 1 aliphatic carbocycles. The van der Waals surface area contributed by atoms with Gasteiger partial charge in [0.05, 0.1) is 6.61 Å². The van der Waals surface area contributed by atoms with E-state index in [-0.39, 0.29) is 6.03 Å². The number of rotatable bonds is 5. The van der Waals surface area contributed by atoms with Gasteiger partial charge < -0.3 is 15.4 Å². The highest BCUT2D eigenvalue weighted by atomic mass is 16.5. The molecule has 92 valence electrons. The normalized spacial score (nSPS) is 14.4. The van der Waals surface area contributed by atoms with Crippen molar-refractivity contribution in [2.75, 3.05) is 7.11 Å². The fourth-order valence-corrected chi connectivity index (χ4v) is 1.67. The van der Waals surface area contributed by atoms with Gasteiger partial charge in [-0.3, -0.25) is 0 Å². The molecule has 0 heterocycles. The zero-order chi connectivity index (χ0) is 12.1. The van der Waals surface area contributed by atoms with Crippen LogP contribution in [0.4, 0.5) is 4.79 Å². The molecule has 0 spiro atoms. The first-order chi connectivity index (χ1) is 8.29. The van der Waals surface area contributed by atoms with Crippen LogP contribution in [0.3, 0.4) is 0 Å². The Balaban J connectivity index is 1.86. The molecule has 0 radical (unpaired) electrons. The number of urea groups is 1. The van der Waals surface area contributed by atoms with Crippen LogP contribution < -0.4 is 10.6 Å². The highest BCUT2D eigenvalue weighted by Crippen LogP contribution is 2.18. The standard InChI is InChI=1S/C13H18N2O2/c1-17-9-11-5-3-2-4-10(11)8-14-13(16)15-12-6-7-12/h2-5,12H,6-9H2,1H3,(H2,14,15,16). The molecular weight excluding hydrogens is 216 g/mol. The van der Waals surface area contributed by atoms with E-state index in [2.05, 4.69) is 10.6 Å². The third-order valence-electron chi connectivity index (χ3n) is 2.77. The fraction of sp³-hybridized carbons (Fsp3) is 0.462. The van der Waals surface area contributed by atoms with Gasteiger partial charge in [-0.1, -0.05) is 24.3 Å². The maximum Gasteiger partial charge on any atom is 0.315 e. The zero-order valence-electron chi connectivity index (χ0n) is 10.0. The third kappa shape index (κ3) is 3.75. The molecule has 1 aromatic rings. The number of methoxy groups -OCH3 is 1. The van der Waals surface area contributed by atoms with Crippen molar-refractivity contribution in [1.29, 1.82) is 0 Å². The molecule has 0 aromatic heterocycles. The Bertz CT molecular complexity index is 389. The average Bonchev–Trinajstić information content (AvgIpc) is 3.12. The highest BCUT2D eigenvalue weighted by Gasteiger charge is 2.22. The van der Waals surface area contributed by atoms with E-state index < -0.39 is 0 Å². The summed E-state index contributed by atoms with van der Waals surface area (Å²) in [6, 6.07) is 8.27. The van der Waals surface area contributed by atoms with Crippen LogP contribution in [0.25, 0.3) is 0 Å². The van der Waals surface area contributed by atoms with Gasteiger partial charge in [-0.05, 0) is 24.0 Å². The van der Waals surface area contributed by atoms with E-state index in [4.69, 9.17) is 4.74 Å². The molecule has 4 nitrogen and oxygen atoms in total. The number of benzene rings is 1. The summed E-state index contributed by atoms with van der Waals surface area (Å²) in [7, 11) is 1.67. The lowest BCUT2D eigenvalue weighted by molar-refractivity contribution is 0.184. The van der Waals surface area contributed by atoms with Crippen LogP contribution in [0.2, 0.25) is 0 Å². The van der Waals surface area contributed by atoms with Gasteiger partial charge in [0.2, 0.25) is 0 Å². The van der Waals surface area contributed by atoms with Crippen LogP contribution >= 0.6 is 0 Å². The smallest absolute Gasteiger partial charge is 0.315 e. The van der Waals surface area contributed by atoms with Crippen LogP contribution in [0.5, 0.6) is 0 Å². The number of hydrogen-bond acceptors (Lipinski definition) is 2. The molecule has 2 N–H and O–H groups in total. The third-order valence-corrected chi connectivity index (χ3v) is 2.77. The van der Waals surface area contributed by atoms with Crippen molar-refractivity contribution >= 4 is 6.03 Å². The largest absolute Gasteiger partial charge is 0.380 e. The van der Waals surface area contributed by atoms with E-state index in [9.17, 15) is 4.79 Å². The van der Waals surface area contributed by atoms with Gasteiger partial charge in [-0.2, -0.15) is 0 Å². The summed E-state index contributed by atoms with van der Waals surface area (Å²) in [5, 5.41) is 5.76. The number of amides is 2. The van der Waals surface area contributed by atoms with Crippen molar-refractivity contribution in [3.8, 4) is 0 Å².